The van der Waals surface area contributed by atoms with Crippen molar-refractivity contribution >= 4 is 27.7 Å². The fourth-order valence-electron chi connectivity index (χ4n) is 3.61. The molecule has 2 aromatic carbocycles. The highest BCUT2D eigenvalue weighted by molar-refractivity contribution is 7.89. The van der Waals surface area contributed by atoms with Crippen molar-refractivity contribution in [3.05, 3.63) is 60.2 Å². The predicted molar refractivity (Wildman–Crippen MR) is 119 cm³/mol. The van der Waals surface area contributed by atoms with Gasteiger partial charge in [0.2, 0.25) is 15.9 Å². The van der Waals surface area contributed by atoms with E-state index in [2.05, 4.69) is 5.32 Å². The first kappa shape index (κ1) is 22.1. The number of rotatable bonds is 7. The summed E-state index contributed by atoms with van der Waals surface area (Å²) in [6.45, 7) is 2.59. The Hall–Kier alpha value is -2.64. The van der Waals surface area contributed by atoms with E-state index in [9.17, 15) is 13.2 Å². The number of sulfonamides is 1. The van der Waals surface area contributed by atoms with Gasteiger partial charge in [-0.1, -0.05) is 25.5 Å². The summed E-state index contributed by atoms with van der Waals surface area (Å²) in [5.41, 5.74) is 1.42. The molecule has 1 unspecified atom stereocenters. The zero-order valence-corrected chi connectivity index (χ0v) is 18.2. The molecule has 160 valence electrons. The van der Waals surface area contributed by atoms with Crippen LogP contribution in [0.1, 0.15) is 38.2 Å². The van der Waals surface area contributed by atoms with Crippen molar-refractivity contribution in [3.63, 3.8) is 0 Å². The molecule has 0 aromatic heterocycles. The first-order valence-corrected chi connectivity index (χ1v) is 11.6. The van der Waals surface area contributed by atoms with Crippen LogP contribution in [0.25, 0.3) is 6.08 Å². The minimum atomic E-state index is -3.52. The molecule has 1 heterocycles. The molecule has 2 aromatic rings. The van der Waals surface area contributed by atoms with E-state index >= 15 is 0 Å². The van der Waals surface area contributed by atoms with Gasteiger partial charge in [0, 0.05) is 24.4 Å². The van der Waals surface area contributed by atoms with Crippen LogP contribution < -0.4 is 10.1 Å². The summed E-state index contributed by atoms with van der Waals surface area (Å²) in [6, 6.07) is 13.8. The van der Waals surface area contributed by atoms with Crippen LogP contribution in [0.5, 0.6) is 5.75 Å². The lowest BCUT2D eigenvalue weighted by Crippen LogP contribution is -2.43. The van der Waals surface area contributed by atoms with Crippen LogP contribution in [-0.4, -0.2) is 38.3 Å². The summed E-state index contributed by atoms with van der Waals surface area (Å²) < 4.78 is 32.8. The Kier molecular flexibility index (Phi) is 7.29. The molecule has 1 N–H and O–H groups in total. The van der Waals surface area contributed by atoms with Crippen molar-refractivity contribution in [2.75, 3.05) is 19.0 Å². The monoisotopic (exact) mass is 428 g/mol. The highest BCUT2D eigenvalue weighted by Crippen LogP contribution is 2.27. The fraction of sp³-hybridized carbons (Fsp3) is 0.348. The third-order valence-electron chi connectivity index (χ3n) is 5.32. The van der Waals surface area contributed by atoms with Gasteiger partial charge >= 0.3 is 0 Å². The second-order valence-corrected chi connectivity index (χ2v) is 9.18. The minimum absolute atomic E-state index is 0.0613. The van der Waals surface area contributed by atoms with E-state index in [-0.39, 0.29) is 16.8 Å². The van der Waals surface area contributed by atoms with Crippen molar-refractivity contribution < 1.29 is 17.9 Å². The zero-order valence-electron chi connectivity index (χ0n) is 17.4. The molecule has 1 aliphatic heterocycles. The predicted octanol–water partition coefficient (Wildman–Crippen LogP) is 4.30. The number of nitrogens with one attached hydrogen (secondary N) is 1. The number of amides is 1. The van der Waals surface area contributed by atoms with Crippen molar-refractivity contribution in [2.45, 2.75) is 43.5 Å². The molecule has 6 nitrogen and oxygen atoms in total. The number of hydrogen-bond acceptors (Lipinski definition) is 4. The largest absolute Gasteiger partial charge is 0.497 e. The number of carbonyl (C=O) groups excluding carboxylic acids is 1. The number of hydrogen-bond donors (Lipinski definition) is 1. The Bertz CT molecular complexity index is 983. The standard InChI is InChI=1S/C23H28N2O4S/c1-3-20-6-4-5-17-25(20)30(27,28)22-14-10-19(11-15-22)24-23(26)16-9-18-7-12-21(29-2)13-8-18/h7-16,20H,3-6,17H2,1-2H3,(H,24,26)/b16-9+. The molecule has 1 fully saturated rings. The number of methoxy groups -OCH3 is 1. The van der Waals surface area contributed by atoms with Gasteiger partial charge in [-0.05, 0) is 67.3 Å². The van der Waals surface area contributed by atoms with Crippen LogP contribution in [0.3, 0.4) is 0 Å². The van der Waals surface area contributed by atoms with E-state index < -0.39 is 10.0 Å². The maximum absolute atomic E-state index is 13.0. The highest BCUT2D eigenvalue weighted by Gasteiger charge is 2.32. The van der Waals surface area contributed by atoms with Crippen LogP contribution in [0.2, 0.25) is 0 Å². The van der Waals surface area contributed by atoms with Gasteiger partial charge in [-0.25, -0.2) is 8.42 Å². The molecule has 30 heavy (non-hydrogen) atoms. The smallest absolute Gasteiger partial charge is 0.248 e. The van der Waals surface area contributed by atoms with E-state index in [0.29, 0.717) is 12.2 Å². The molecular weight excluding hydrogens is 400 g/mol. The van der Waals surface area contributed by atoms with Crippen molar-refractivity contribution in [1.82, 2.24) is 4.31 Å². The van der Waals surface area contributed by atoms with Gasteiger partial charge in [0.25, 0.3) is 0 Å². The van der Waals surface area contributed by atoms with Crippen molar-refractivity contribution in [1.29, 1.82) is 0 Å². The summed E-state index contributed by atoms with van der Waals surface area (Å²) in [5, 5.41) is 2.75. The molecule has 1 aliphatic rings. The number of carbonyl (C=O) groups is 1. The molecule has 0 bridgehead atoms. The Morgan fingerprint density at radius 3 is 2.47 bits per heavy atom. The van der Waals surface area contributed by atoms with Gasteiger partial charge in [-0.3, -0.25) is 4.79 Å². The fourth-order valence-corrected chi connectivity index (χ4v) is 5.38. The lowest BCUT2D eigenvalue weighted by atomic mass is 10.0. The second kappa shape index (κ2) is 9.91. The van der Waals surface area contributed by atoms with Crippen LogP contribution in [0, 0.1) is 0 Å². The van der Waals surface area contributed by atoms with Crippen LogP contribution >= 0.6 is 0 Å². The lowest BCUT2D eigenvalue weighted by molar-refractivity contribution is -0.111. The van der Waals surface area contributed by atoms with Gasteiger partial charge < -0.3 is 10.1 Å². The minimum Gasteiger partial charge on any atom is -0.497 e. The van der Waals surface area contributed by atoms with Gasteiger partial charge in [0.15, 0.2) is 0 Å². The Morgan fingerprint density at radius 1 is 1.13 bits per heavy atom. The number of nitrogens with zero attached hydrogens (tertiary/aromatic N) is 1. The Morgan fingerprint density at radius 2 is 1.83 bits per heavy atom. The number of piperidine rings is 1. The van der Waals surface area contributed by atoms with Gasteiger partial charge in [0.05, 0.1) is 12.0 Å². The summed E-state index contributed by atoms with van der Waals surface area (Å²) in [5.74, 6) is 0.463. The maximum atomic E-state index is 13.0. The van der Waals surface area contributed by atoms with E-state index in [1.807, 2.05) is 31.2 Å². The van der Waals surface area contributed by atoms with Gasteiger partial charge in [-0.2, -0.15) is 4.31 Å². The Labute approximate surface area is 178 Å². The Balaban J connectivity index is 1.64. The van der Waals surface area contributed by atoms with Crippen LogP contribution in [0.15, 0.2) is 59.5 Å². The van der Waals surface area contributed by atoms with E-state index in [1.54, 1.807) is 41.8 Å². The molecule has 7 heteroatoms. The number of anilines is 1. The van der Waals surface area contributed by atoms with Crippen molar-refractivity contribution in [3.8, 4) is 5.75 Å². The molecule has 0 aliphatic carbocycles. The SMILES string of the molecule is CCC1CCCCN1S(=O)(=O)c1ccc(NC(=O)/C=C/c2ccc(OC)cc2)cc1. The lowest BCUT2D eigenvalue weighted by Gasteiger charge is -2.34. The quantitative estimate of drug-likeness (QED) is 0.667. The third kappa shape index (κ3) is 5.29. The molecule has 0 radical (unpaired) electrons. The molecule has 1 amide bonds. The van der Waals surface area contributed by atoms with Gasteiger partial charge in [0.1, 0.15) is 5.75 Å². The summed E-state index contributed by atoms with van der Waals surface area (Å²) in [6.07, 6.45) is 6.82. The molecule has 0 saturated carbocycles. The maximum Gasteiger partial charge on any atom is 0.248 e. The third-order valence-corrected chi connectivity index (χ3v) is 7.28. The normalized spacial score (nSPS) is 17.7. The number of benzene rings is 2. The summed E-state index contributed by atoms with van der Waals surface area (Å²) >= 11 is 0. The summed E-state index contributed by atoms with van der Waals surface area (Å²) in [4.78, 5) is 12.4. The van der Waals surface area contributed by atoms with Crippen molar-refractivity contribution in [2.24, 2.45) is 0 Å². The van der Waals surface area contributed by atoms with Crippen LogP contribution in [0.4, 0.5) is 5.69 Å². The summed E-state index contributed by atoms with van der Waals surface area (Å²) in [7, 11) is -1.92. The van der Waals surface area contributed by atoms with E-state index in [0.717, 1.165) is 37.0 Å². The zero-order chi connectivity index (χ0) is 21.6. The first-order valence-electron chi connectivity index (χ1n) is 10.2. The second-order valence-electron chi connectivity index (χ2n) is 7.29. The highest BCUT2D eigenvalue weighted by atomic mass is 32.2. The first-order chi connectivity index (χ1) is 14.4. The molecule has 3 rings (SSSR count). The molecule has 0 spiro atoms. The van der Waals surface area contributed by atoms with E-state index in [1.165, 1.54) is 6.08 Å². The topological polar surface area (TPSA) is 75.7 Å². The number of ether oxygens (including phenoxy) is 1. The van der Waals surface area contributed by atoms with E-state index in [4.69, 9.17) is 4.74 Å². The molecular formula is C23H28N2O4S. The molecule has 1 atom stereocenters. The average Bonchev–Trinajstić information content (AvgIpc) is 2.78. The van der Waals surface area contributed by atoms with Gasteiger partial charge in [-0.15, -0.1) is 0 Å². The van der Waals surface area contributed by atoms with Crippen LogP contribution in [-0.2, 0) is 14.8 Å². The molecule has 1 saturated heterocycles. The average molecular weight is 429 g/mol.